The molecule has 0 radical (unpaired) electrons. The molecule has 1 aromatic carbocycles. The maximum Gasteiger partial charge on any atom is 0.146 e. The zero-order chi connectivity index (χ0) is 12.4. The predicted octanol–water partition coefficient (Wildman–Crippen LogP) is 3.96. The van der Waals surface area contributed by atoms with Gasteiger partial charge in [0, 0.05) is 16.2 Å². The Hall–Kier alpha value is -1.33. The molecule has 0 atom stereocenters. The Kier molecular flexibility index (Phi) is 3.49. The summed E-state index contributed by atoms with van der Waals surface area (Å²) in [5.41, 5.74) is 6.37. The second-order valence-electron chi connectivity index (χ2n) is 3.36. The van der Waals surface area contributed by atoms with E-state index in [1.165, 1.54) is 12.1 Å². The minimum atomic E-state index is -0.381. The van der Waals surface area contributed by atoms with Crippen molar-refractivity contribution in [3.05, 3.63) is 45.8 Å². The van der Waals surface area contributed by atoms with E-state index >= 15 is 0 Å². The average Bonchev–Trinajstić information content (AvgIpc) is 2.22. The van der Waals surface area contributed by atoms with E-state index in [9.17, 15) is 4.39 Å². The van der Waals surface area contributed by atoms with Crippen LogP contribution in [-0.4, -0.2) is 4.98 Å². The Bertz CT molecular complexity index is 542. The number of hydrogen-bond donors (Lipinski definition) is 2. The lowest BCUT2D eigenvalue weighted by Crippen LogP contribution is -1.98. The molecule has 1 aromatic heterocycles. The van der Waals surface area contributed by atoms with Gasteiger partial charge in [0.1, 0.15) is 16.8 Å². The number of anilines is 3. The third-order valence-electron chi connectivity index (χ3n) is 2.01. The predicted molar refractivity (Wildman–Crippen MR) is 71.0 cm³/mol. The van der Waals surface area contributed by atoms with E-state index in [1.54, 1.807) is 18.2 Å². The molecule has 1 heterocycles. The maximum atomic E-state index is 13.5. The van der Waals surface area contributed by atoms with Gasteiger partial charge < -0.3 is 11.1 Å². The van der Waals surface area contributed by atoms with Crippen molar-refractivity contribution in [3.8, 4) is 0 Å². The number of nitrogens with one attached hydrogen (secondary N) is 1. The van der Waals surface area contributed by atoms with Crippen LogP contribution in [-0.2, 0) is 0 Å². The van der Waals surface area contributed by atoms with E-state index in [0.29, 0.717) is 17.2 Å². The molecule has 0 fully saturated rings. The Balaban J connectivity index is 2.34. The van der Waals surface area contributed by atoms with Crippen LogP contribution in [0, 0.1) is 5.82 Å². The minimum Gasteiger partial charge on any atom is -0.399 e. The van der Waals surface area contributed by atoms with Crippen LogP contribution in [0.4, 0.5) is 21.6 Å². The molecule has 2 rings (SSSR count). The molecular formula is C11H8BrClFN3. The molecule has 3 N–H and O–H groups in total. The number of benzene rings is 1. The molecule has 6 heteroatoms. The summed E-state index contributed by atoms with van der Waals surface area (Å²) in [5.74, 6) is 0.0144. The van der Waals surface area contributed by atoms with E-state index in [2.05, 4.69) is 26.2 Å². The summed E-state index contributed by atoms with van der Waals surface area (Å²) in [6, 6.07) is 7.66. The first-order valence-corrected chi connectivity index (χ1v) is 5.87. The monoisotopic (exact) mass is 315 g/mol. The van der Waals surface area contributed by atoms with Crippen molar-refractivity contribution < 1.29 is 4.39 Å². The van der Waals surface area contributed by atoms with E-state index in [1.807, 2.05) is 0 Å². The van der Waals surface area contributed by atoms with Crippen molar-refractivity contribution in [1.82, 2.24) is 4.98 Å². The Labute approximate surface area is 111 Å². The molecule has 0 spiro atoms. The Morgan fingerprint density at radius 2 is 2.06 bits per heavy atom. The molecule has 3 nitrogen and oxygen atoms in total. The van der Waals surface area contributed by atoms with Gasteiger partial charge in [-0.05, 0) is 24.3 Å². The fourth-order valence-corrected chi connectivity index (χ4v) is 1.89. The molecule has 0 saturated heterocycles. The van der Waals surface area contributed by atoms with E-state index in [-0.39, 0.29) is 11.0 Å². The van der Waals surface area contributed by atoms with Crippen molar-refractivity contribution >= 4 is 44.7 Å². The molecule has 0 unspecified atom stereocenters. The highest BCUT2D eigenvalue weighted by Crippen LogP contribution is 2.24. The molecule has 88 valence electrons. The van der Waals surface area contributed by atoms with Gasteiger partial charge in [0.25, 0.3) is 0 Å². The van der Waals surface area contributed by atoms with Crippen LogP contribution in [0.15, 0.2) is 34.8 Å². The number of halogens is 3. The van der Waals surface area contributed by atoms with Gasteiger partial charge in [-0.25, -0.2) is 9.37 Å². The highest BCUT2D eigenvalue weighted by molar-refractivity contribution is 9.10. The van der Waals surface area contributed by atoms with Crippen molar-refractivity contribution in [2.75, 3.05) is 11.1 Å². The minimum absolute atomic E-state index is 0.253. The first-order chi connectivity index (χ1) is 8.04. The zero-order valence-electron chi connectivity index (χ0n) is 8.55. The van der Waals surface area contributed by atoms with Crippen molar-refractivity contribution in [1.29, 1.82) is 0 Å². The molecule has 0 aliphatic rings. The summed E-state index contributed by atoms with van der Waals surface area (Å²) in [4.78, 5) is 3.99. The Morgan fingerprint density at radius 1 is 1.29 bits per heavy atom. The second-order valence-corrected chi connectivity index (χ2v) is 4.66. The fraction of sp³-hybridized carbons (Fsp3) is 0. The fourth-order valence-electron chi connectivity index (χ4n) is 1.31. The topological polar surface area (TPSA) is 50.9 Å². The lowest BCUT2D eigenvalue weighted by atomic mass is 10.3. The number of rotatable bonds is 2. The molecule has 0 amide bonds. The van der Waals surface area contributed by atoms with Crippen molar-refractivity contribution in [2.24, 2.45) is 0 Å². The number of pyridine rings is 1. The smallest absolute Gasteiger partial charge is 0.146 e. The number of nitrogens with zero attached hydrogens (tertiary/aromatic N) is 1. The third-order valence-corrected chi connectivity index (χ3v) is 2.69. The first-order valence-electron chi connectivity index (χ1n) is 4.70. The maximum absolute atomic E-state index is 13.5. The van der Waals surface area contributed by atoms with E-state index in [0.717, 1.165) is 4.47 Å². The average molecular weight is 317 g/mol. The molecule has 0 aliphatic carbocycles. The molecule has 0 aliphatic heterocycles. The zero-order valence-corrected chi connectivity index (χ0v) is 10.9. The van der Waals surface area contributed by atoms with Gasteiger partial charge in [-0.15, -0.1) is 0 Å². The SMILES string of the molecule is Nc1cc(Cl)nc(Nc2cc(Br)ccc2F)c1. The summed E-state index contributed by atoms with van der Waals surface area (Å²) >= 11 is 9.01. The van der Waals surface area contributed by atoms with Crippen molar-refractivity contribution in [2.45, 2.75) is 0 Å². The molecule has 2 aromatic rings. The van der Waals surface area contributed by atoms with E-state index < -0.39 is 0 Å². The van der Waals surface area contributed by atoms with Crippen LogP contribution < -0.4 is 11.1 Å². The number of hydrogen-bond acceptors (Lipinski definition) is 3. The quantitative estimate of drug-likeness (QED) is 0.825. The van der Waals surface area contributed by atoms with Gasteiger partial charge >= 0.3 is 0 Å². The van der Waals surface area contributed by atoms with Crippen LogP contribution in [0.5, 0.6) is 0 Å². The van der Waals surface area contributed by atoms with Crippen LogP contribution in [0.3, 0.4) is 0 Å². The Morgan fingerprint density at radius 3 is 2.76 bits per heavy atom. The highest BCUT2D eigenvalue weighted by atomic mass is 79.9. The number of nitrogens with two attached hydrogens (primary N) is 1. The van der Waals surface area contributed by atoms with Crippen molar-refractivity contribution in [3.63, 3.8) is 0 Å². The standard InChI is InChI=1S/C11H8BrClFN3/c12-6-1-2-8(14)9(3-6)16-11-5-7(15)4-10(13)17-11/h1-5H,(H3,15,16,17). The van der Waals surface area contributed by atoms with Crippen LogP contribution in [0.1, 0.15) is 0 Å². The lowest BCUT2D eigenvalue weighted by Gasteiger charge is -2.08. The third kappa shape index (κ3) is 3.08. The summed E-state index contributed by atoms with van der Waals surface area (Å²) in [6.07, 6.45) is 0. The molecule has 0 saturated carbocycles. The first kappa shape index (κ1) is 12.1. The molecule has 17 heavy (non-hydrogen) atoms. The number of nitrogen functional groups attached to an aromatic ring is 1. The van der Waals surface area contributed by atoms with Crippen LogP contribution >= 0.6 is 27.5 Å². The summed E-state index contributed by atoms with van der Waals surface area (Å²) < 4.78 is 14.2. The van der Waals surface area contributed by atoms with Gasteiger partial charge in [-0.1, -0.05) is 27.5 Å². The molecule has 0 bridgehead atoms. The molecular weight excluding hydrogens is 308 g/mol. The van der Waals surface area contributed by atoms with Crippen LogP contribution in [0.25, 0.3) is 0 Å². The van der Waals surface area contributed by atoms with Crippen LogP contribution in [0.2, 0.25) is 5.15 Å². The van der Waals surface area contributed by atoms with Gasteiger partial charge in [0.05, 0.1) is 5.69 Å². The van der Waals surface area contributed by atoms with Gasteiger partial charge in [-0.2, -0.15) is 0 Å². The lowest BCUT2D eigenvalue weighted by molar-refractivity contribution is 0.631. The van der Waals surface area contributed by atoms with E-state index in [4.69, 9.17) is 17.3 Å². The summed E-state index contributed by atoms with van der Waals surface area (Å²) in [7, 11) is 0. The van der Waals surface area contributed by atoms with Gasteiger partial charge in [0.2, 0.25) is 0 Å². The highest BCUT2D eigenvalue weighted by Gasteiger charge is 2.05. The van der Waals surface area contributed by atoms with Gasteiger partial charge in [0.15, 0.2) is 0 Å². The van der Waals surface area contributed by atoms with Gasteiger partial charge in [-0.3, -0.25) is 0 Å². The second kappa shape index (κ2) is 4.89. The summed E-state index contributed by atoms with van der Waals surface area (Å²) in [5, 5.41) is 3.07. The summed E-state index contributed by atoms with van der Waals surface area (Å²) in [6.45, 7) is 0. The normalized spacial score (nSPS) is 10.3. The number of aromatic nitrogens is 1. The largest absolute Gasteiger partial charge is 0.399 e.